The van der Waals surface area contributed by atoms with Crippen LogP contribution in [-0.4, -0.2) is 33.9 Å². The van der Waals surface area contributed by atoms with Gasteiger partial charge >= 0.3 is 0 Å². The van der Waals surface area contributed by atoms with Gasteiger partial charge < -0.3 is 10.2 Å². The van der Waals surface area contributed by atoms with E-state index in [0.717, 1.165) is 49.0 Å². The molecule has 1 aliphatic rings. The normalized spacial score (nSPS) is 15.7. The van der Waals surface area contributed by atoms with Crippen molar-refractivity contribution in [2.45, 2.75) is 33.6 Å². The summed E-state index contributed by atoms with van der Waals surface area (Å²) in [6, 6.07) is 2.01. The van der Waals surface area contributed by atoms with Crippen molar-refractivity contribution < 1.29 is 4.79 Å². The molecule has 0 bridgehead atoms. The van der Waals surface area contributed by atoms with E-state index in [1.165, 1.54) is 11.3 Å². The number of hydrogen-bond donors (Lipinski definition) is 1. The average Bonchev–Trinajstić information content (AvgIpc) is 2.91. The van der Waals surface area contributed by atoms with E-state index in [1.54, 1.807) is 0 Å². The average molecular weight is 331 g/mol. The van der Waals surface area contributed by atoms with E-state index >= 15 is 0 Å². The number of carbonyl (C=O) groups is 1. The minimum atomic E-state index is 0.0412. The van der Waals surface area contributed by atoms with Crippen molar-refractivity contribution in [2.24, 2.45) is 5.92 Å². The van der Waals surface area contributed by atoms with Crippen LogP contribution in [0, 0.1) is 26.7 Å². The van der Waals surface area contributed by atoms with Crippen LogP contribution in [0.3, 0.4) is 0 Å². The summed E-state index contributed by atoms with van der Waals surface area (Å²) in [4.78, 5) is 27.7. The number of nitrogens with zero attached hydrogens (tertiary/aromatic N) is 4. The van der Waals surface area contributed by atoms with Gasteiger partial charge in [0.25, 0.3) is 0 Å². The molecule has 1 saturated heterocycles. The quantitative estimate of drug-likeness (QED) is 0.936. The second kappa shape index (κ2) is 6.62. The predicted molar refractivity (Wildman–Crippen MR) is 91.9 cm³/mol. The largest absolute Gasteiger partial charge is 0.356 e. The van der Waals surface area contributed by atoms with Gasteiger partial charge in [0.05, 0.1) is 5.69 Å². The van der Waals surface area contributed by atoms with E-state index in [-0.39, 0.29) is 11.8 Å². The van der Waals surface area contributed by atoms with E-state index < -0.39 is 0 Å². The zero-order chi connectivity index (χ0) is 16.4. The molecule has 2 aromatic rings. The van der Waals surface area contributed by atoms with Gasteiger partial charge in [0.15, 0.2) is 5.13 Å². The summed E-state index contributed by atoms with van der Waals surface area (Å²) in [5.74, 6) is 1.87. The number of piperidine rings is 1. The Morgan fingerprint density at radius 1 is 1.17 bits per heavy atom. The molecule has 1 fully saturated rings. The summed E-state index contributed by atoms with van der Waals surface area (Å²) in [6.45, 7) is 7.49. The second-order valence-electron chi connectivity index (χ2n) is 5.96. The number of thiazole rings is 1. The molecule has 122 valence electrons. The lowest BCUT2D eigenvalue weighted by Crippen LogP contribution is -2.38. The highest BCUT2D eigenvalue weighted by Crippen LogP contribution is 2.24. The van der Waals surface area contributed by atoms with Crippen LogP contribution >= 0.6 is 11.3 Å². The number of aryl methyl sites for hydroxylation is 3. The topological polar surface area (TPSA) is 71.0 Å². The standard InChI is InChI=1S/C16H21N5OS/c1-10-8-14(19-12(3)17-10)21-6-4-13(5-7-21)15(22)20-16-18-11(2)9-23-16/h8-9,13H,4-7H2,1-3H3,(H,18,20,22). The van der Waals surface area contributed by atoms with E-state index in [0.29, 0.717) is 5.13 Å². The molecule has 6 nitrogen and oxygen atoms in total. The van der Waals surface area contributed by atoms with Crippen molar-refractivity contribution in [2.75, 3.05) is 23.3 Å². The van der Waals surface area contributed by atoms with Gasteiger partial charge in [-0.05, 0) is 33.6 Å². The molecule has 3 rings (SSSR count). The fraction of sp³-hybridized carbons (Fsp3) is 0.500. The Morgan fingerprint density at radius 3 is 2.52 bits per heavy atom. The highest BCUT2D eigenvalue weighted by molar-refractivity contribution is 7.13. The van der Waals surface area contributed by atoms with Gasteiger partial charge in [-0.15, -0.1) is 11.3 Å². The predicted octanol–water partition coefficient (Wildman–Crippen LogP) is 2.71. The fourth-order valence-electron chi connectivity index (χ4n) is 2.85. The van der Waals surface area contributed by atoms with Crippen LogP contribution in [0.15, 0.2) is 11.4 Å². The molecular weight excluding hydrogens is 310 g/mol. The molecule has 0 aromatic carbocycles. The lowest BCUT2D eigenvalue weighted by Gasteiger charge is -2.32. The van der Waals surface area contributed by atoms with Crippen molar-refractivity contribution in [1.82, 2.24) is 15.0 Å². The molecule has 0 aliphatic carbocycles. The molecule has 0 spiro atoms. The zero-order valence-corrected chi connectivity index (χ0v) is 14.5. The molecule has 2 aromatic heterocycles. The third-order valence-corrected chi connectivity index (χ3v) is 4.87. The molecular formula is C16H21N5OS. The Bertz CT molecular complexity index is 686. The van der Waals surface area contributed by atoms with E-state index in [9.17, 15) is 4.79 Å². The first-order valence-electron chi connectivity index (χ1n) is 7.81. The number of anilines is 2. The van der Waals surface area contributed by atoms with Crippen LogP contribution in [0.2, 0.25) is 0 Å². The minimum absolute atomic E-state index is 0.0412. The SMILES string of the molecule is Cc1cc(N2CCC(C(=O)Nc3nc(C)cs3)CC2)nc(C)n1. The smallest absolute Gasteiger partial charge is 0.229 e. The molecule has 1 amide bonds. The maximum absolute atomic E-state index is 12.3. The van der Waals surface area contributed by atoms with Crippen molar-refractivity contribution in [3.05, 3.63) is 28.7 Å². The molecule has 23 heavy (non-hydrogen) atoms. The van der Waals surface area contributed by atoms with Crippen LogP contribution in [0.5, 0.6) is 0 Å². The zero-order valence-electron chi connectivity index (χ0n) is 13.7. The summed E-state index contributed by atoms with van der Waals surface area (Å²) >= 11 is 1.47. The fourth-order valence-corrected chi connectivity index (χ4v) is 3.54. The molecule has 3 heterocycles. The Hall–Kier alpha value is -2.02. The van der Waals surface area contributed by atoms with E-state index in [4.69, 9.17) is 0 Å². The number of aromatic nitrogens is 3. The Balaban J connectivity index is 1.58. The summed E-state index contributed by atoms with van der Waals surface area (Å²) in [5.41, 5.74) is 1.92. The molecule has 1 aliphatic heterocycles. The van der Waals surface area contributed by atoms with Gasteiger partial charge in [-0.1, -0.05) is 0 Å². The first-order valence-corrected chi connectivity index (χ1v) is 8.69. The van der Waals surface area contributed by atoms with Crippen molar-refractivity contribution in [3.63, 3.8) is 0 Å². The minimum Gasteiger partial charge on any atom is -0.356 e. The Morgan fingerprint density at radius 2 is 1.91 bits per heavy atom. The molecule has 1 N–H and O–H groups in total. The maximum Gasteiger partial charge on any atom is 0.229 e. The third kappa shape index (κ3) is 3.85. The van der Waals surface area contributed by atoms with Crippen molar-refractivity contribution >= 4 is 28.2 Å². The van der Waals surface area contributed by atoms with Gasteiger partial charge in [0, 0.05) is 36.1 Å². The number of nitrogens with one attached hydrogen (secondary N) is 1. The van der Waals surface area contributed by atoms with Crippen LogP contribution in [0.25, 0.3) is 0 Å². The molecule has 7 heteroatoms. The van der Waals surface area contributed by atoms with Crippen LogP contribution in [-0.2, 0) is 4.79 Å². The highest BCUT2D eigenvalue weighted by atomic mass is 32.1. The molecule has 0 radical (unpaired) electrons. The third-order valence-electron chi connectivity index (χ3n) is 3.99. The van der Waals surface area contributed by atoms with Crippen LogP contribution in [0.1, 0.15) is 30.1 Å². The summed E-state index contributed by atoms with van der Waals surface area (Å²) < 4.78 is 0. The summed E-state index contributed by atoms with van der Waals surface area (Å²) in [6.07, 6.45) is 1.66. The first kappa shape index (κ1) is 15.9. The van der Waals surface area contributed by atoms with Gasteiger partial charge in [0.2, 0.25) is 5.91 Å². The first-order chi connectivity index (χ1) is 11.0. The lowest BCUT2D eigenvalue weighted by atomic mass is 9.96. The summed E-state index contributed by atoms with van der Waals surface area (Å²) in [7, 11) is 0. The van der Waals surface area contributed by atoms with Crippen molar-refractivity contribution in [1.29, 1.82) is 0 Å². The van der Waals surface area contributed by atoms with Gasteiger partial charge in [-0.25, -0.2) is 15.0 Å². The second-order valence-corrected chi connectivity index (χ2v) is 6.82. The van der Waals surface area contributed by atoms with Crippen molar-refractivity contribution in [3.8, 4) is 0 Å². The highest BCUT2D eigenvalue weighted by Gasteiger charge is 2.26. The van der Waals surface area contributed by atoms with Crippen LogP contribution < -0.4 is 10.2 Å². The Kier molecular flexibility index (Phi) is 4.56. The molecule has 0 unspecified atom stereocenters. The number of hydrogen-bond acceptors (Lipinski definition) is 6. The number of carbonyl (C=O) groups excluding carboxylic acids is 1. The molecule has 0 atom stereocenters. The number of rotatable bonds is 3. The van der Waals surface area contributed by atoms with E-state index in [1.807, 2.05) is 32.2 Å². The maximum atomic E-state index is 12.3. The molecule has 0 saturated carbocycles. The van der Waals surface area contributed by atoms with Gasteiger partial charge in [0.1, 0.15) is 11.6 Å². The monoisotopic (exact) mass is 331 g/mol. The van der Waals surface area contributed by atoms with Gasteiger partial charge in [-0.3, -0.25) is 4.79 Å². The Labute approximate surface area is 140 Å². The van der Waals surface area contributed by atoms with Crippen LogP contribution in [0.4, 0.5) is 10.9 Å². The van der Waals surface area contributed by atoms with E-state index in [2.05, 4.69) is 25.2 Å². The summed E-state index contributed by atoms with van der Waals surface area (Å²) in [5, 5.41) is 5.56. The lowest BCUT2D eigenvalue weighted by molar-refractivity contribution is -0.120. The number of amides is 1. The van der Waals surface area contributed by atoms with Gasteiger partial charge in [-0.2, -0.15) is 0 Å².